The summed E-state index contributed by atoms with van der Waals surface area (Å²) in [6.07, 6.45) is 5.36. The third-order valence-electron chi connectivity index (χ3n) is 5.63. The van der Waals surface area contributed by atoms with Crippen LogP contribution in [0.2, 0.25) is 0 Å². The van der Waals surface area contributed by atoms with E-state index in [1.54, 1.807) is 11.0 Å². The number of amides is 1. The van der Waals surface area contributed by atoms with E-state index in [0.29, 0.717) is 53.0 Å². The van der Waals surface area contributed by atoms with Crippen molar-refractivity contribution in [2.75, 3.05) is 26.4 Å². The highest BCUT2D eigenvalue weighted by molar-refractivity contribution is 8.26. The molecule has 1 aliphatic rings. The Bertz CT molecular complexity index is 1070. The molecule has 0 saturated carbocycles. The van der Waals surface area contributed by atoms with Gasteiger partial charge < -0.3 is 14.2 Å². The van der Waals surface area contributed by atoms with Crippen molar-refractivity contribution in [3.63, 3.8) is 0 Å². The fourth-order valence-corrected chi connectivity index (χ4v) is 4.77. The average Bonchev–Trinajstić information content (AvgIpc) is 3.12. The van der Waals surface area contributed by atoms with Gasteiger partial charge in [-0.3, -0.25) is 9.69 Å². The predicted octanol–water partition coefficient (Wildman–Crippen LogP) is 6.83. The minimum absolute atomic E-state index is 0.104. The molecule has 0 aromatic heterocycles. The number of hydrogen-bond acceptors (Lipinski definition) is 6. The standard InChI is InChI=1S/C28H33NO4S2/c1-5-15-29-27(30)26(35-28(29)34)19-21-9-14-24(25(18-21)31-7-3)33-17-8-16-32-23-12-10-22(11-13-23)20(4)6-2/h5,9-14,18-20H,1,6-8,15-17H2,2-4H3/b26-19+/t20-/m1/s1. The summed E-state index contributed by atoms with van der Waals surface area (Å²) in [6.45, 7) is 12.0. The second-order valence-corrected chi connectivity index (χ2v) is 9.82. The Kier molecular flexibility index (Phi) is 10.2. The molecule has 0 bridgehead atoms. The maximum atomic E-state index is 12.6. The van der Waals surface area contributed by atoms with E-state index in [4.69, 9.17) is 26.4 Å². The Morgan fingerprint density at radius 1 is 1.06 bits per heavy atom. The van der Waals surface area contributed by atoms with Gasteiger partial charge in [0.15, 0.2) is 11.5 Å². The summed E-state index contributed by atoms with van der Waals surface area (Å²) in [4.78, 5) is 14.7. The van der Waals surface area contributed by atoms with E-state index in [9.17, 15) is 4.79 Å². The Hall–Kier alpha value is -2.77. The topological polar surface area (TPSA) is 48.0 Å². The van der Waals surface area contributed by atoms with Gasteiger partial charge in [-0.2, -0.15) is 0 Å². The minimum atomic E-state index is -0.104. The van der Waals surface area contributed by atoms with Crippen molar-refractivity contribution < 1.29 is 19.0 Å². The second kappa shape index (κ2) is 13.4. The van der Waals surface area contributed by atoms with Crippen LogP contribution >= 0.6 is 24.0 Å². The lowest BCUT2D eigenvalue weighted by Gasteiger charge is -2.13. The summed E-state index contributed by atoms with van der Waals surface area (Å²) >= 11 is 6.61. The zero-order valence-corrected chi connectivity index (χ0v) is 22.3. The van der Waals surface area contributed by atoms with E-state index in [-0.39, 0.29) is 5.91 Å². The van der Waals surface area contributed by atoms with Gasteiger partial charge in [0.05, 0.1) is 24.7 Å². The highest BCUT2D eigenvalue weighted by Gasteiger charge is 2.31. The van der Waals surface area contributed by atoms with E-state index in [1.807, 2.05) is 43.3 Å². The molecule has 0 radical (unpaired) electrons. The molecule has 1 heterocycles. The third kappa shape index (κ3) is 7.36. The van der Waals surface area contributed by atoms with Crippen LogP contribution in [0.25, 0.3) is 6.08 Å². The molecule has 0 spiro atoms. The summed E-state index contributed by atoms with van der Waals surface area (Å²) in [5.41, 5.74) is 2.18. The number of ether oxygens (including phenoxy) is 3. The van der Waals surface area contributed by atoms with Crippen molar-refractivity contribution >= 4 is 40.3 Å². The lowest BCUT2D eigenvalue weighted by molar-refractivity contribution is -0.121. The van der Waals surface area contributed by atoms with Gasteiger partial charge in [-0.1, -0.05) is 62.1 Å². The number of carbonyl (C=O) groups is 1. The Morgan fingerprint density at radius 3 is 2.49 bits per heavy atom. The molecule has 0 N–H and O–H groups in total. The van der Waals surface area contributed by atoms with Gasteiger partial charge in [0.1, 0.15) is 10.1 Å². The number of rotatable bonds is 13. The van der Waals surface area contributed by atoms with Crippen LogP contribution in [-0.2, 0) is 4.79 Å². The summed E-state index contributed by atoms with van der Waals surface area (Å²) in [5.74, 6) is 2.63. The largest absolute Gasteiger partial charge is 0.493 e. The molecular formula is C28H33NO4S2. The first-order valence-electron chi connectivity index (χ1n) is 12.0. The first kappa shape index (κ1) is 26.8. The van der Waals surface area contributed by atoms with Crippen LogP contribution in [0.5, 0.6) is 17.2 Å². The molecule has 1 saturated heterocycles. The van der Waals surface area contributed by atoms with Gasteiger partial charge in [0, 0.05) is 13.0 Å². The maximum Gasteiger partial charge on any atom is 0.266 e. The van der Waals surface area contributed by atoms with Crippen LogP contribution in [-0.4, -0.2) is 41.5 Å². The number of thioether (sulfide) groups is 1. The molecule has 0 aliphatic carbocycles. The third-order valence-corrected chi connectivity index (χ3v) is 7.00. The first-order valence-corrected chi connectivity index (χ1v) is 13.2. The summed E-state index contributed by atoms with van der Waals surface area (Å²) in [6, 6.07) is 14.0. The lowest BCUT2D eigenvalue weighted by Crippen LogP contribution is -2.27. The van der Waals surface area contributed by atoms with Crippen molar-refractivity contribution in [2.45, 2.75) is 39.5 Å². The molecule has 1 amide bonds. The molecule has 2 aromatic rings. The fraction of sp³-hybridized carbons (Fsp3) is 0.357. The monoisotopic (exact) mass is 511 g/mol. The molecule has 7 heteroatoms. The molecule has 5 nitrogen and oxygen atoms in total. The molecular weight excluding hydrogens is 478 g/mol. The molecule has 3 rings (SSSR count). The van der Waals surface area contributed by atoms with Gasteiger partial charge in [-0.15, -0.1) is 6.58 Å². The zero-order valence-electron chi connectivity index (χ0n) is 20.6. The zero-order chi connectivity index (χ0) is 25.2. The molecule has 186 valence electrons. The average molecular weight is 512 g/mol. The smallest absolute Gasteiger partial charge is 0.266 e. The first-order chi connectivity index (χ1) is 17.0. The molecule has 1 atom stereocenters. The van der Waals surface area contributed by atoms with Crippen LogP contribution < -0.4 is 14.2 Å². The van der Waals surface area contributed by atoms with Crippen molar-refractivity contribution in [3.8, 4) is 17.2 Å². The fourth-order valence-electron chi connectivity index (χ4n) is 3.50. The number of thiocarbonyl (C=S) groups is 1. The quantitative estimate of drug-likeness (QED) is 0.127. The summed E-state index contributed by atoms with van der Waals surface area (Å²) in [7, 11) is 0. The molecule has 1 aliphatic heterocycles. The normalized spacial score (nSPS) is 15.4. The van der Waals surface area contributed by atoms with Crippen LogP contribution in [0, 0.1) is 0 Å². The second-order valence-electron chi connectivity index (χ2n) is 8.15. The summed E-state index contributed by atoms with van der Waals surface area (Å²) < 4.78 is 18.2. The van der Waals surface area contributed by atoms with Crippen LogP contribution in [0.15, 0.2) is 60.0 Å². The van der Waals surface area contributed by atoms with Crippen molar-refractivity contribution in [1.29, 1.82) is 0 Å². The highest BCUT2D eigenvalue weighted by atomic mass is 32.2. The number of benzene rings is 2. The van der Waals surface area contributed by atoms with E-state index in [0.717, 1.165) is 24.2 Å². The summed E-state index contributed by atoms with van der Waals surface area (Å²) in [5, 5.41) is 0. The molecule has 0 unspecified atom stereocenters. The van der Waals surface area contributed by atoms with Crippen molar-refractivity contribution in [3.05, 3.63) is 71.2 Å². The van der Waals surface area contributed by atoms with E-state index in [1.165, 1.54) is 17.3 Å². The van der Waals surface area contributed by atoms with E-state index >= 15 is 0 Å². The Morgan fingerprint density at radius 2 is 1.80 bits per heavy atom. The van der Waals surface area contributed by atoms with Gasteiger partial charge >= 0.3 is 0 Å². The van der Waals surface area contributed by atoms with Crippen LogP contribution in [0.1, 0.15) is 50.7 Å². The molecule has 1 fully saturated rings. The lowest BCUT2D eigenvalue weighted by atomic mass is 9.99. The number of nitrogens with zero attached hydrogens (tertiary/aromatic N) is 1. The van der Waals surface area contributed by atoms with E-state index in [2.05, 4.69) is 32.6 Å². The van der Waals surface area contributed by atoms with Gasteiger partial charge in [-0.25, -0.2) is 0 Å². The molecule has 2 aromatic carbocycles. The van der Waals surface area contributed by atoms with Gasteiger partial charge in [-0.05, 0) is 60.7 Å². The number of hydrogen-bond donors (Lipinski definition) is 0. The van der Waals surface area contributed by atoms with Crippen LogP contribution in [0.4, 0.5) is 0 Å². The molecule has 35 heavy (non-hydrogen) atoms. The van der Waals surface area contributed by atoms with Crippen LogP contribution in [0.3, 0.4) is 0 Å². The predicted molar refractivity (Wildman–Crippen MR) is 148 cm³/mol. The minimum Gasteiger partial charge on any atom is -0.493 e. The van der Waals surface area contributed by atoms with Gasteiger partial charge in [0.2, 0.25) is 0 Å². The highest BCUT2D eigenvalue weighted by Crippen LogP contribution is 2.35. The SMILES string of the molecule is C=CCN1C(=O)/C(=C\c2ccc(OCCCOc3ccc([C@H](C)CC)cc3)c(OCC)c2)SC1=S. The van der Waals surface area contributed by atoms with Crippen molar-refractivity contribution in [2.24, 2.45) is 0 Å². The van der Waals surface area contributed by atoms with Crippen molar-refractivity contribution in [1.82, 2.24) is 4.90 Å². The maximum absolute atomic E-state index is 12.6. The number of carbonyl (C=O) groups excluding carboxylic acids is 1. The Balaban J connectivity index is 1.55. The van der Waals surface area contributed by atoms with E-state index < -0.39 is 0 Å². The Labute approximate surface area is 218 Å². The van der Waals surface area contributed by atoms with Gasteiger partial charge in [0.25, 0.3) is 5.91 Å².